The summed E-state index contributed by atoms with van der Waals surface area (Å²) in [6.07, 6.45) is 5.84. The third kappa shape index (κ3) is 3.59. The van der Waals surface area contributed by atoms with Crippen molar-refractivity contribution in [1.82, 2.24) is 0 Å². The van der Waals surface area contributed by atoms with Crippen molar-refractivity contribution >= 4 is 28.2 Å². The molecule has 146 valence electrons. The van der Waals surface area contributed by atoms with E-state index < -0.39 is 0 Å². The molecule has 0 amide bonds. The molecule has 0 saturated heterocycles. The van der Waals surface area contributed by atoms with E-state index in [1.807, 2.05) is 6.92 Å². The molecule has 6 nitrogen and oxygen atoms in total. The van der Waals surface area contributed by atoms with Crippen molar-refractivity contribution in [3.8, 4) is 17.4 Å². The first-order valence-corrected chi connectivity index (χ1v) is 10.2. The van der Waals surface area contributed by atoms with Gasteiger partial charge in [-0.05, 0) is 68.9 Å². The van der Waals surface area contributed by atoms with Crippen molar-refractivity contribution < 1.29 is 9.34 Å². The molecule has 1 aliphatic carbocycles. The van der Waals surface area contributed by atoms with Crippen molar-refractivity contribution in [2.45, 2.75) is 39.5 Å². The van der Waals surface area contributed by atoms with Gasteiger partial charge < -0.3 is 4.42 Å². The fourth-order valence-electron chi connectivity index (χ4n) is 3.75. The molecule has 7 heteroatoms. The highest BCUT2D eigenvalue weighted by atomic mass is 32.1. The van der Waals surface area contributed by atoms with Crippen LogP contribution in [0, 0.1) is 35.3 Å². The first-order valence-electron chi connectivity index (χ1n) is 9.42. The molecule has 0 fully saturated rings. The van der Waals surface area contributed by atoms with Crippen LogP contribution in [0.4, 0.5) is 10.7 Å². The Labute approximate surface area is 172 Å². The number of hydrogen-bond acceptors (Lipinski definition) is 6. The van der Waals surface area contributed by atoms with Crippen molar-refractivity contribution in [3.63, 3.8) is 0 Å². The Morgan fingerprint density at radius 1 is 1.24 bits per heavy atom. The largest absolute Gasteiger partial charge is 0.455 e. The number of benzene rings is 1. The predicted octanol–water partition coefficient (Wildman–Crippen LogP) is 6.03. The van der Waals surface area contributed by atoms with Gasteiger partial charge in [0.15, 0.2) is 0 Å². The summed E-state index contributed by atoms with van der Waals surface area (Å²) in [6, 6.07) is 9.21. The number of nitrogens with zero attached hydrogens (tertiary/aromatic N) is 3. The number of furan rings is 1. The Morgan fingerprint density at radius 3 is 2.79 bits per heavy atom. The van der Waals surface area contributed by atoms with Gasteiger partial charge in [-0.1, -0.05) is 0 Å². The molecule has 2 aromatic heterocycles. The van der Waals surface area contributed by atoms with Gasteiger partial charge in [0.2, 0.25) is 0 Å². The van der Waals surface area contributed by atoms with E-state index in [1.165, 1.54) is 4.88 Å². The smallest absolute Gasteiger partial charge is 0.273 e. The molecule has 0 radical (unpaired) electrons. The summed E-state index contributed by atoms with van der Waals surface area (Å²) < 4.78 is 5.87. The van der Waals surface area contributed by atoms with E-state index >= 15 is 0 Å². The molecule has 29 heavy (non-hydrogen) atoms. The molecule has 2 heterocycles. The lowest BCUT2D eigenvalue weighted by atomic mass is 9.96. The maximum absolute atomic E-state index is 11.3. The minimum Gasteiger partial charge on any atom is -0.455 e. The second-order valence-corrected chi connectivity index (χ2v) is 8.26. The molecule has 0 atom stereocenters. The number of nitro benzene ring substituents is 1. The molecule has 0 spiro atoms. The molecule has 0 aliphatic heterocycles. The van der Waals surface area contributed by atoms with Gasteiger partial charge in [-0.2, -0.15) is 5.26 Å². The average Bonchev–Trinajstić information content (AvgIpc) is 3.30. The lowest BCUT2D eigenvalue weighted by Gasteiger charge is -2.09. The molecule has 0 N–H and O–H groups in total. The number of aliphatic imine (C=N–C) groups is 1. The van der Waals surface area contributed by atoms with Crippen LogP contribution in [0.15, 0.2) is 33.7 Å². The standard InChI is InChI=1S/C22H19N3O3S/c1-13-9-14(2)19(25(26)27)10-17(13)20-8-7-15(28-20)12-24-22-18(11-23)16-5-3-4-6-21(16)29-22/h7-10,12H,3-6H2,1-2H3. The van der Waals surface area contributed by atoms with Crippen molar-refractivity contribution in [2.75, 3.05) is 0 Å². The fourth-order valence-corrected chi connectivity index (χ4v) is 4.93. The van der Waals surface area contributed by atoms with Crippen LogP contribution in [-0.2, 0) is 12.8 Å². The lowest BCUT2D eigenvalue weighted by Crippen LogP contribution is -1.99. The van der Waals surface area contributed by atoms with Gasteiger partial charge in [0, 0.05) is 22.1 Å². The highest BCUT2D eigenvalue weighted by Gasteiger charge is 2.20. The number of nitriles is 1. The first-order chi connectivity index (χ1) is 14.0. The van der Waals surface area contributed by atoms with Crippen LogP contribution in [0.1, 0.15) is 45.7 Å². The van der Waals surface area contributed by atoms with E-state index in [-0.39, 0.29) is 10.6 Å². The summed E-state index contributed by atoms with van der Waals surface area (Å²) >= 11 is 1.58. The number of rotatable bonds is 4. The van der Waals surface area contributed by atoms with E-state index in [4.69, 9.17) is 4.42 Å². The Balaban J connectivity index is 1.65. The van der Waals surface area contributed by atoms with Crippen molar-refractivity contribution in [1.29, 1.82) is 5.26 Å². The molecule has 3 aromatic rings. The minimum absolute atomic E-state index is 0.0695. The number of nitro groups is 1. The Morgan fingerprint density at radius 2 is 2.03 bits per heavy atom. The summed E-state index contributed by atoms with van der Waals surface area (Å²) in [5, 5.41) is 21.5. The summed E-state index contributed by atoms with van der Waals surface area (Å²) in [7, 11) is 0. The second-order valence-electron chi connectivity index (χ2n) is 7.17. The molecule has 1 aromatic carbocycles. The predicted molar refractivity (Wildman–Crippen MR) is 113 cm³/mol. The van der Waals surface area contributed by atoms with Gasteiger partial charge in [0.1, 0.15) is 22.6 Å². The SMILES string of the molecule is Cc1cc(C)c([N+](=O)[O-])cc1-c1ccc(C=Nc2sc3c(c2C#N)CCCC3)o1. The normalized spacial score (nSPS) is 13.4. The highest BCUT2D eigenvalue weighted by Crippen LogP contribution is 2.39. The molecular formula is C22H19N3O3S. The number of fused-ring (bicyclic) bond motifs is 1. The molecule has 0 unspecified atom stereocenters. The van der Waals surface area contributed by atoms with E-state index in [9.17, 15) is 15.4 Å². The number of thiophene rings is 1. The van der Waals surface area contributed by atoms with Crippen LogP contribution in [0.25, 0.3) is 11.3 Å². The van der Waals surface area contributed by atoms with E-state index in [2.05, 4.69) is 11.1 Å². The third-order valence-electron chi connectivity index (χ3n) is 5.21. The van der Waals surface area contributed by atoms with E-state index in [0.717, 1.165) is 41.8 Å². The first kappa shape index (κ1) is 19.1. The van der Waals surface area contributed by atoms with E-state index in [0.29, 0.717) is 28.2 Å². The Kier molecular flexibility index (Phi) is 5.03. The average molecular weight is 405 g/mol. The van der Waals surface area contributed by atoms with Gasteiger partial charge in [0.25, 0.3) is 5.69 Å². The third-order valence-corrected chi connectivity index (χ3v) is 6.41. The zero-order chi connectivity index (χ0) is 20.5. The Bertz CT molecular complexity index is 1180. The molecule has 0 bridgehead atoms. The molecule has 0 saturated carbocycles. The van der Waals surface area contributed by atoms with Crippen molar-refractivity contribution in [3.05, 3.63) is 67.3 Å². The maximum Gasteiger partial charge on any atom is 0.273 e. The summed E-state index contributed by atoms with van der Waals surface area (Å²) in [5.41, 5.74) is 4.11. The van der Waals surface area contributed by atoms with Crippen LogP contribution in [0.2, 0.25) is 0 Å². The topological polar surface area (TPSA) is 92.4 Å². The van der Waals surface area contributed by atoms with Crippen molar-refractivity contribution in [2.24, 2.45) is 4.99 Å². The number of aryl methyl sites for hydroxylation is 3. The van der Waals surface area contributed by atoms with Gasteiger partial charge in [-0.3, -0.25) is 10.1 Å². The zero-order valence-electron chi connectivity index (χ0n) is 16.2. The maximum atomic E-state index is 11.3. The quantitative estimate of drug-likeness (QED) is 0.301. The highest BCUT2D eigenvalue weighted by molar-refractivity contribution is 7.16. The van der Waals surface area contributed by atoms with Gasteiger partial charge in [-0.15, -0.1) is 11.3 Å². The van der Waals surface area contributed by atoms with Gasteiger partial charge in [-0.25, -0.2) is 4.99 Å². The van der Waals surface area contributed by atoms with Crippen LogP contribution in [0.5, 0.6) is 0 Å². The second kappa shape index (κ2) is 7.64. The fraction of sp³-hybridized carbons (Fsp3) is 0.273. The monoisotopic (exact) mass is 405 g/mol. The van der Waals surface area contributed by atoms with Crippen LogP contribution >= 0.6 is 11.3 Å². The van der Waals surface area contributed by atoms with Crippen LogP contribution < -0.4 is 0 Å². The summed E-state index contributed by atoms with van der Waals surface area (Å²) in [6.45, 7) is 3.63. The van der Waals surface area contributed by atoms with Crippen LogP contribution in [-0.4, -0.2) is 11.1 Å². The lowest BCUT2D eigenvalue weighted by molar-refractivity contribution is -0.385. The minimum atomic E-state index is -0.383. The summed E-state index contributed by atoms with van der Waals surface area (Å²) in [5.74, 6) is 1.09. The molecule has 1 aliphatic rings. The zero-order valence-corrected chi connectivity index (χ0v) is 17.0. The van der Waals surface area contributed by atoms with Crippen LogP contribution in [0.3, 0.4) is 0 Å². The van der Waals surface area contributed by atoms with Gasteiger partial charge >= 0.3 is 0 Å². The Hall–Kier alpha value is -3.24. The van der Waals surface area contributed by atoms with E-state index in [1.54, 1.807) is 48.7 Å². The molecular weight excluding hydrogens is 386 g/mol. The summed E-state index contributed by atoms with van der Waals surface area (Å²) in [4.78, 5) is 16.6. The van der Waals surface area contributed by atoms with Gasteiger partial charge in [0.05, 0.1) is 16.7 Å². The molecule has 4 rings (SSSR count). The number of hydrogen-bond donors (Lipinski definition) is 0.